The van der Waals surface area contributed by atoms with E-state index in [1.807, 2.05) is 7.05 Å². The Balaban J connectivity index is 1.76. The molecule has 2 aromatic rings. The van der Waals surface area contributed by atoms with Crippen LogP contribution in [0.1, 0.15) is 24.6 Å². The van der Waals surface area contributed by atoms with Crippen molar-refractivity contribution in [3.63, 3.8) is 0 Å². The largest absolute Gasteiger partial charge is 0.368 e. The standard InChI is InChI=1S/C15H23N5S/c1-4-11-9-12-13(17-7-8-20(3)10-5-6-10)18-15(16-2)19-14(12)21-11/h9-10H,4-8H2,1-3H3,(H2,16,17,18,19). The van der Waals surface area contributed by atoms with Crippen LogP contribution in [0.15, 0.2) is 6.07 Å². The predicted molar refractivity (Wildman–Crippen MR) is 90.5 cm³/mol. The van der Waals surface area contributed by atoms with E-state index < -0.39 is 0 Å². The van der Waals surface area contributed by atoms with E-state index in [2.05, 4.69) is 45.5 Å². The molecule has 0 bridgehead atoms. The zero-order chi connectivity index (χ0) is 14.8. The Hall–Kier alpha value is -1.40. The van der Waals surface area contributed by atoms with Gasteiger partial charge in [-0.25, -0.2) is 4.98 Å². The molecule has 1 fully saturated rings. The topological polar surface area (TPSA) is 53.1 Å². The summed E-state index contributed by atoms with van der Waals surface area (Å²) in [7, 11) is 4.06. The van der Waals surface area contributed by atoms with Gasteiger partial charge >= 0.3 is 0 Å². The quantitative estimate of drug-likeness (QED) is 0.824. The summed E-state index contributed by atoms with van der Waals surface area (Å²) in [4.78, 5) is 14.0. The molecule has 0 saturated heterocycles. The summed E-state index contributed by atoms with van der Waals surface area (Å²) in [5.74, 6) is 1.63. The molecule has 1 aliphatic carbocycles. The number of hydrogen-bond acceptors (Lipinski definition) is 6. The van der Waals surface area contributed by atoms with Crippen molar-refractivity contribution in [2.45, 2.75) is 32.2 Å². The van der Waals surface area contributed by atoms with Crippen LogP contribution in [0.25, 0.3) is 10.2 Å². The first-order chi connectivity index (χ1) is 10.2. The van der Waals surface area contributed by atoms with Crippen molar-refractivity contribution in [3.05, 3.63) is 10.9 Å². The number of rotatable bonds is 7. The van der Waals surface area contributed by atoms with Crippen LogP contribution in [0.5, 0.6) is 0 Å². The minimum atomic E-state index is 0.685. The van der Waals surface area contributed by atoms with Gasteiger partial charge in [-0.15, -0.1) is 11.3 Å². The first-order valence-corrected chi connectivity index (χ1v) is 8.45. The monoisotopic (exact) mass is 305 g/mol. The van der Waals surface area contributed by atoms with Crippen LogP contribution in [0, 0.1) is 0 Å². The minimum Gasteiger partial charge on any atom is -0.368 e. The maximum atomic E-state index is 4.58. The van der Waals surface area contributed by atoms with E-state index >= 15 is 0 Å². The highest BCUT2D eigenvalue weighted by molar-refractivity contribution is 7.18. The van der Waals surface area contributed by atoms with Crippen LogP contribution >= 0.6 is 11.3 Å². The third-order valence-corrected chi connectivity index (χ3v) is 5.12. The highest BCUT2D eigenvalue weighted by Crippen LogP contribution is 2.30. The lowest BCUT2D eigenvalue weighted by Gasteiger charge is -2.16. The summed E-state index contributed by atoms with van der Waals surface area (Å²) in [6, 6.07) is 3.02. The Kier molecular flexibility index (Phi) is 4.26. The molecule has 0 spiro atoms. The molecule has 21 heavy (non-hydrogen) atoms. The van der Waals surface area contributed by atoms with Gasteiger partial charge in [0, 0.05) is 31.1 Å². The fraction of sp³-hybridized carbons (Fsp3) is 0.600. The highest BCUT2D eigenvalue weighted by atomic mass is 32.1. The van der Waals surface area contributed by atoms with Gasteiger partial charge in [-0.1, -0.05) is 6.92 Å². The maximum Gasteiger partial charge on any atom is 0.225 e. The van der Waals surface area contributed by atoms with Gasteiger partial charge in [-0.05, 0) is 32.4 Å². The Morgan fingerprint density at radius 1 is 1.38 bits per heavy atom. The molecule has 2 heterocycles. The molecule has 2 aromatic heterocycles. The van der Waals surface area contributed by atoms with E-state index in [4.69, 9.17) is 0 Å². The first-order valence-electron chi connectivity index (χ1n) is 7.63. The Labute approximate surface area is 129 Å². The van der Waals surface area contributed by atoms with Gasteiger partial charge in [0.25, 0.3) is 0 Å². The number of thiophene rings is 1. The molecule has 0 aliphatic heterocycles. The molecule has 0 atom stereocenters. The lowest BCUT2D eigenvalue weighted by Crippen LogP contribution is -2.27. The smallest absolute Gasteiger partial charge is 0.225 e. The van der Waals surface area contributed by atoms with Crippen molar-refractivity contribution in [2.75, 3.05) is 37.8 Å². The summed E-state index contributed by atoms with van der Waals surface area (Å²) in [5, 5.41) is 7.68. The van der Waals surface area contributed by atoms with Crippen LogP contribution < -0.4 is 10.6 Å². The zero-order valence-electron chi connectivity index (χ0n) is 12.9. The summed E-state index contributed by atoms with van der Waals surface area (Å²) in [6.07, 6.45) is 3.74. The van der Waals surface area contributed by atoms with Crippen molar-refractivity contribution < 1.29 is 0 Å². The van der Waals surface area contributed by atoms with E-state index in [-0.39, 0.29) is 0 Å². The van der Waals surface area contributed by atoms with E-state index in [9.17, 15) is 0 Å². The molecule has 114 valence electrons. The molecule has 1 saturated carbocycles. The summed E-state index contributed by atoms with van der Waals surface area (Å²) < 4.78 is 0. The molecule has 0 unspecified atom stereocenters. The molecular formula is C15H23N5S. The normalized spacial score (nSPS) is 14.9. The average Bonchev–Trinajstić information content (AvgIpc) is 3.26. The highest BCUT2D eigenvalue weighted by Gasteiger charge is 2.25. The van der Waals surface area contributed by atoms with Crippen LogP contribution in [0.2, 0.25) is 0 Å². The Bertz CT molecular complexity index is 620. The lowest BCUT2D eigenvalue weighted by atomic mass is 10.3. The van der Waals surface area contributed by atoms with E-state index in [0.717, 1.165) is 41.6 Å². The fourth-order valence-corrected chi connectivity index (χ4v) is 3.41. The molecule has 1 aliphatic rings. The first kappa shape index (κ1) is 14.5. The van der Waals surface area contributed by atoms with Crippen molar-refractivity contribution in [1.29, 1.82) is 0 Å². The van der Waals surface area contributed by atoms with E-state index in [0.29, 0.717) is 5.95 Å². The molecule has 0 radical (unpaired) electrons. The predicted octanol–water partition coefficient (Wildman–Crippen LogP) is 2.80. The number of nitrogens with zero attached hydrogens (tertiary/aromatic N) is 3. The molecule has 5 nitrogen and oxygen atoms in total. The molecule has 0 amide bonds. The second-order valence-corrected chi connectivity index (χ2v) is 6.68. The second kappa shape index (κ2) is 6.15. The summed E-state index contributed by atoms with van der Waals surface area (Å²) in [5.41, 5.74) is 0. The summed E-state index contributed by atoms with van der Waals surface area (Å²) >= 11 is 1.75. The van der Waals surface area contributed by atoms with Gasteiger partial charge in [0.15, 0.2) is 0 Å². The van der Waals surface area contributed by atoms with Crippen LogP contribution in [0.4, 0.5) is 11.8 Å². The van der Waals surface area contributed by atoms with Gasteiger partial charge < -0.3 is 15.5 Å². The van der Waals surface area contributed by atoms with Gasteiger partial charge in [0.05, 0.1) is 5.39 Å². The Morgan fingerprint density at radius 2 is 2.19 bits per heavy atom. The number of nitrogens with one attached hydrogen (secondary N) is 2. The molecule has 0 aromatic carbocycles. The molecule has 3 rings (SSSR count). The van der Waals surface area contributed by atoms with Crippen molar-refractivity contribution in [2.24, 2.45) is 0 Å². The number of aromatic nitrogens is 2. The summed E-state index contributed by atoms with van der Waals surface area (Å²) in [6.45, 7) is 4.14. The Morgan fingerprint density at radius 3 is 2.86 bits per heavy atom. The van der Waals surface area contributed by atoms with Crippen LogP contribution in [0.3, 0.4) is 0 Å². The molecule has 2 N–H and O–H groups in total. The maximum absolute atomic E-state index is 4.58. The average molecular weight is 305 g/mol. The minimum absolute atomic E-state index is 0.685. The zero-order valence-corrected chi connectivity index (χ0v) is 13.8. The third-order valence-electron chi connectivity index (χ3n) is 3.94. The van der Waals surface area contributed by atoms with Gasteiger partial charge in [-0.3, -0.25) is 0 Å². The lowest BCUT2D eigenvalue weighted by molar-refractivity contribution is 0.337. The number of aryl methyl sites for hydroxylation is 1. The van der Waals surface area contributed by atoms with E-state index in [1.54, 1.807) is 11.3 Å². The van der Waals surface area contributed by atoms with Gasteiger partial charge in [0.2, 0.25) is 5.95 Å². The molecule has 6 heteroatoms. The SMILES string of the molecule is CCc1cc2c(NCCN(C)C3CC3)nc(NC)nc2s1. The number of hydrogen-bond donors (Lipinski definition) is 2. The van der Waals surface area contributed by atoms with Gasteiger partial charge in [0.1, 0.15) is 10.6 Å². The van der Waals surface area contributed by atoms with E-state index in [1.165, 1.54) is 17.7 Å². The van der Waals surface area contributed by atoms with Crippen LogP contribution in [-0.2, 0) is 6.42 Å². The number of fused-ring (bicyclic) bond motifs is 1. The second-order valence-electron chi connectivity index (χ2n) is 5.57. The van der Waals surface area contributed by atoms with Crippen molar-refractivity contribution in [3.8, 4) is 0 Å². The third kappa shape index (κ3) is 3.27. The molecular weight excluding hydrogens is 282 g/mol. The van der Waals surface area contributed by atoms with Crippen molar-refractivity contribution >= 4 is 33.3 Å². The van der Waals surface area contributed by atoms with Crippen LogP contribution in [-0.4, -0.2) is 48.1 Å². The van der Waals surface area contributed by atoms with Crippen molar-refractivity contribution in [1.82, 2.24) is 14.9 Å². The number of likely N-dealkylation sites (N-methyl/N-ethyl adjacent to an activating group) is 1. The fourth-order valence-electron chi connectivity index (χ4n) is 2.44. The number of anilines is 2. The van der Waals surface area contributed by atoms with Gasteiger partial charge in [-0.2, -0.15) is 4.98 Å².